The molecule has 0 amide bonds. The minimum Gasteiger partial charge on any atom is -0.253 e. The molecule has 2 aromatic carbocycles. The predicted molar refractivity (Wildman–Crippen MR) is 76.6 cm³/mol. The number of nitrogens with zero attached hydrogens (tertiary/aromatic N) is 1. The highest BCUT2D eigenvalue weighted by Gasteiger charge is 2.12. The summed E-state index contributed by atoms with van der Waals surface area (Å²) < 4.78 is 0. The number of rotatable bonds is 1. The Hall–Kier alpha value is -1.89. The molecule has 0 fully saturated rings. The number of benzene rings is 2. The second-order valence-electron chi connectivity index (χ2n) is 4.76. The fraction of sp³-hybridized carbons (Fsp3) is 0.235. The summed E-state index contributed by atoms with van der Waals surface area (Å²) in [6.07, 6.45) is 4.78. The van der Waals surface area contributed by atoms with E-state index in [1.54, 1.807) is 0 Å². The molecule has 1 nitrogen and oxygen atoms in total. The van der Waals surface area contributed by atoms with E-state index in [-0.39, 0.29) is 0 Å². The van der Waals surface area contributed by atoms with Crippen molar-refractivity contribution in [2.75, 3.05) is 0 Å². The summed E-state index contributed by atoms with van der Waals surface area (Å²) >= 11 is 0. The van der Waals surface area contributed by atoms with Crippen molar-refractivity contribution in [2.24, 2.45) is 4.99 Å². The lowest BCUT2D eigenvalue weighted by atomic mass is 10.0. The number of aliphatic imine (C=N–C) groups is 1. The first kappa shape index (κ1) is 11.2. The molecule has 0 aliphatic heterocycles. The van der Waals surface area contributed by atoms with Crippen LogP contribution in [0.15, 0.2) is 59.6 Å². The number of para-hydroxylation sites is 1. The standard InChI is InChI=1S/C17H17N/c1-2-10-15(11-3-1)18-17-13-7-5-9-14-8-4-6-12-16(14)17/h1-4,6,8,10-12H,5,7,9,13H2. The molecule has 0 unspecified atom stereocenters. The van der Waals surface area contributed by atoms with Crippen LogP contribution >= 0.6 is 0 Å². The molecule has 2 aromatic rings. The summed E-state index contributed by atoms with van der Waals surface area (Å²) in [6.45, 7) is 0. The molecule has 1 aliphatic rings. The molecule has 0 aromatic heterocycles. The van der Waals surface area contributed by atoms with E-state index in [4.69, 9.17) is 4.99 Å². The molecule has 0 heterocycles. The Bertz CT molecular complexity index is 555. The van der Waals surface area contributed by atoms with Crippen LogP contribution in [0.1, 0.15) is 30.4 Å². The van der Waals surface area contributed by atoms with Gasteiger partial charge in [-0.05, 0) is 48.9 Å². The van der Waals surface area contributed by atoms with Crippen molar-refractivity contribution in [3.8, 4) is 0 Å². The van der Waals surface area contributed by atoms with Gasteiger partial charge in [0.2, 0.25) is 0 Å². The molecule has 0 bridgehead atoms. The van der Waals surface area contributed by atoms with Crippen LogP contribution in [0, 0.1) is 0 Å². The molecule has 0 atom stereocenters. The fourth-order valence-electron chi connectivity index (χ4n) is 2.54. The van der Waals surface area contributed by atoms with E-state index >= 15 is 0 Å². The first-order chi connectivity index (χ1) is 8.93. The van der Waals surface area contributed by atoms with Crippen molar-refractivity contribution < 1.29 is 0 Å². The molecular weight excluding hydrogens is 218 g/mol. The predicted octanol–water partition coefficient (Wildman–Crippen LogP) is 4.53. The minimum absolute atomic E-state index is 1.06. The zero-order chi connectivity index (χ0) is 12.2. The molecule has 3 rings (SSSR count). The van der Waals surface area contributed by atoms with Crippen LogP contribution in [-0.2, 0) is 6.42 Å². The van der Waals surface area contributed by atoms with E-state index in [0.29, 0.717) is 0 Å². The molecule has 18 heavy (non-hydrogen) atoms. The van der Waals surface area contributed by atoms with Gasteiger partial charge in [0.25, 0.3) is 0 Å². The van der Waals surface area contributed by atoms with E-state index in [1.165, 1.54) is 36.1 Å². The third kappa shape index (κ3) is 2.35. The average Bonchev–Trinajstić information content (AvgIpc) is 2.63. The van der Waals surface area contributed by atoms with Gasteiger partial charge >= 0.3 is 0 Å². The largest absolute Gasteiger partial charge is 0.253 e. The van der Waals surface area contributed by atoms with Gasteiger partial charge in [0, 0.05) is 5.71 Å². The lowest BCUT2D eigenvalue weighted by Gasteiger charge is -2.07. The van der Waals surface area contributed by atoms with Gasteiger partial charge in [0.15, 0.2) is 0 Å². The van der Waals surface area contributed by atoms with Gasteiger partial charge in [-0.25, -0.2) is 0 Å². The van der Waals surface area contributed by atoms with Crippen molar-refractivity contribution >= 4 is 11.4 Å². The van der Waals surface area contributed by atoms with Crippen LogP contribution in [0.5, 0.6) is 0 Å². The number of hydrogen-bond donors (Lipinski definition) is 0. The Balaban J connectivity index is 2.04. The molecular formula is C17H17N. The van der Waals surface area contributed by atoms with Crippen LogP contribution in [0.4, 0.5) is 5.69 Å². The molecule has 1 aliphatic carbocycles. The van der Waals surface area contributed by atoms with Crippen LogP contribution in [0.25, 0.3) is 0 Å². The van der Waals surface area contributed by atoms with Crippen LogP contribution < -0.4 is 0 Å². The first-order valence-electron chi connectivity index (χ1n) is 6.64. The normalized spacial score (nSPS) is 17.2. The van der Waals surface area contributed by atoms with Crippen LogP contribution in [0.3, 0.4) is 0 Å². The quantitative estimate of drug-likeness (QED) is 0.644. The van der Waals surface area contributed by atoms with Crippen molar-refractivity contribution in [3.63, 3.8) is 0 Å². The molecule has 90 valence electrons. The maximum Gasteiger partial charge on any atom is 0.0633 e. The summed E-state index contributed by atoms with van der Waals surface area (Å²) in [5.41, 5.74) is 5.10. The Kier molecular flexibility index (Phi) is 3.22. The molecule has 0 saturated heterocycles. The number of aryl methyl sites for hydroxylation is 1. The Morgan fingerprint density at radius 2 is 1.44 bits per heavy atom. The lowest BCUT2D eigenvalue weighted by Crippen LogP contribution is -2.01. The van der Waals surface area contributed by atoms with Gasteiger partial charge in [0.1, 0.15) is 0 Å². The van der Waals surface area contributed by atoms with E-state index < -0.39 is 0 Å². The second kappa shape index (κ2) is 5.18. The van der Waals surface area contributed by atoms with Crippen molar-refractivity contribution in [2.45, 2.75) is 25.7 Å². The number of fused-ring (bicyclic) bond motifs is 1. The van der Waals surface area contributed by atoms with Crippen molar-refractivity contribution in [1.82, 2.24) is 0 Å². The lowest BCUT2D eigenvalue weighted by molar-refractivity contribution is 0.776. The van der Waals surface area contributed by atoms with E-state index in [1.807, 2.05) is 18.2 Å². The monoisotopic (exact) mass is 235 g/mol. The van der Waals surface area contributed by atoms with Gasteiger partial charge in [-0.1, -0.05) is 42.5 Å². The third-order valence-electron chi connectivity index (χ3n) is 3.46. The van der Waals surface area contributed by atoms with Crippen LogP contribution in [0.2, 0.25) is 0 Å². The highest BCUT2D eigenvalue weighted by atomic mass is 14.7. The van der Waals surface area contributed by atoms with E-state index in [0.717, 1.165) is 12.1 Å². The topological polar surface area (TPSA) is 12.4 Å². The second-order valence-corrected chi connectivity index (χ2v) is 4.76. The maximum absolute atomic E-state index is 4.84. The van der Waals surface area contributed by atoms with E-state index in [9.17, 15) is 0 Å². The van der Waals surface area contributed by atoms with Gasteiger partial charge < -0.3 is 0 Å². The summed E-state index contributed by atoms with van der Waals surface area (Å²) in [7, 11) is 0. The zero-order valence-electron chi connectivity index (χ0n) is 10.5. The molecule has 0 saturated carbocycles. The molecule has 0 radical (unpaired) electrons. The third-order valence-corrected chi connectivity index (χ3v) is 3.46. The van der Waals surface area contributed by atoms with Gasteiger partial charge in [0.05, 0.1) is 5.69 Å². The highest BCUT2D eigenvalue weighted by Crippen LogP contribution is 2.23. The van der Waals surface area contributed by atoms with E-state index in [2.05, 4.69) is 36.4 Å². The minimum atomic E-state index is 1.06. The summed E-state index contributed by atoms with van der Waals surface area (Å²) in [5.74, 6) is 0. The van der Waals surface area contributed by atoms with Gasteiger partial charge in [-0.2, -0.15) is 0 Å². The smallest absolute Gasteiger partial charge is 0.0633 e. The summed E-state index contributed by atoms with van der Waals surface area (Å²) in [4.78, 5) is 4.84. The van der Waals surface area contributed by atoms with Crippen molar-refractivity contribution in [3.05, 3.63) is 65.7 Å². The van der Waals surface area contributed by atoms with Gasteiger partial charge in [-0.3, -0.25) is 4.99 Å². The highest BCUT2D eigenvalue weighted by molar-refractivity contribution is 6.03. The zero-order valence-corrected chi connectivity index (χ0v) is 10.5. The fourth-order valence-corrected chi connectivity index (χ4v) is 2.54. The molecule has 0 spiro atoms. The van der Waals surface area contributed by atoms with Gasteiger partial charge in [-0.15, -0.1) is 0 Å². The Labute approximate surface area is 108 Å². The summed E-state index contributed by atoms with van der Waals surface area (Å²) in [5, 5.41) is 0. The molecule has 1 heteroatoms. The molecule has 0 N–H and O–H groups in total. The number of hydrogen-bond acceptors (Lipinski definition) is 1. The average molecular weight is 235 g/mol. The first-order valence-corrected chi connectivity index (χ1v) is 6.64. The Morgan fingerprint density at radius 1 is 0.722 bits per heavy atom. The SMILES string of the molecule is c1ccc(N=C2CCCCc3ccccc32)cc1. The maximum atomic E-state index is 4.84. The van der Waals surface area contributed by atoms with Crippen LogP contribution in [-0.4, -0.2) is 5.71 Å². The Morgan fingerprint density at radius 3 is 2.33 bits per heavy atom. The van der Waals surface area contributed by atoms with Crippen molar-refractivity contribution in [1.29, 1.82) is 0 Å². The summed E-state index contributed by atoms with van der Waals surface area (Å²) in [6, 6.07) is 19.0.